The molecule has 1 amide bonds. The molecule has 6 nitrogen and oxygen atoms in total. The SMILES string of the molecule is Cn1cc(-c2cccc(OCCNC(=O)c3cscn3)c2)cn1. The van der Waals surface area contributed by atoms with Crippen LogP contribution in [-0.4, -0.2) is 33.8 Å². The Morgan fingerprint density at radius 3 is 3.04 bits per heavy atom. The van der Waals surface area contributed by atoms with E-state index in [1.807, 2.05) is 43.7 Å². The normalized spacial score (nSPS) is 10.5. The number of amides is 1. The molecule has 0 spiro atoms. The summed E-state index contributed by atoms with van der Waals surface area (Å²) in [4.78, 5) is 15.7. The number of nitrogens with one attached hydrogen (secondary N) is 1. The zero-order valence-electron chi connectivity index (χ0n) is 12.6. The largest absolute Gasteiger partial charge is 0.492 e. The van der Waals surface area contributed by atoms with Gasteiger partial charge in [-0.2, -0.15) is 5.10 Å². The Labute approximate surface area is 137 Å². The van der Waals surface area contributed by atoms with Crippen molar-refractivity contribution in [2.24, 2.45) is 7.05 Å². The minimum absolute atomic E-state index is 0.182. The van der Waals surface area contributed by atoms with E-state index in [-0.39, 0.29) is 5.91 Å². The maximum atomic E-state index is 11.7. The second-order valence-corrected chi connectivity index (χ2v) is 5.63. The van der Waals surface area contributed by atoms with Gasteiger partial charge in [0, 0.05) is 24.2 Å². The second-order valence-electron chi connectivity index (χ2n) is 4.91. The molecule has 118 valence electrons. The Hall–Kier alpha value is -2.67. The van der Waals surface area contributed by atoms with Crippen molar-refractivity contribution < 1.29 is 9.53 Å². The van der Waals surface area contributed by atoms with Crippen molar-refractivity contribution >= 4 is 17.2 Å². The Bertz CT molecular complexity index is 783. The van der Waals surface area contributed by atoms with Crippen LogP contribution in [0.15, 0.2) is 47.5 Å². The predicted octanol–water partition coefficient (Wildman–Crippen LogP) is 2.35. The topological polar surface area (TPSA) is 69.0 Å². The van der Waals surface area contributed by atoms with Gasteiger partial charge in [-0.15, -0.1) is 11.3 Å². The zero-order chi connectivity index (χ0) is 16.1. The van der Waals surface area contributed by atoms with Gasteiger partial charge < -0.3 is 10.1 Å². The first-order chi connectivity index (χ1) is 11.2. The predicted molar refractivity (Wildman–Crippen MR) is 88.6 cm³/mol. The summed E-state index contributed by atoms with van der Waals surface area (Å²) in [7, 11) is 1.88. The quantitative estimate of drug-likeness (QED) is 0.705. The number of hydrogen-bond acceptors (Lipinski definition) is 5. The van der Waals surface area contributed by atoms with Crippen LogP contribution in [0.3, 0.4) is 0 Å². The fraction of sp³-hybridized carbons (Fsp3) is 0.188. The first-order valence-corrected chi connectivity index (χ1v) is 8.05. The molecule has 0 fully saturated rings. The van der Waals surface area contributed by atoms with E-state index in [1.54, 1.807) is 15.6 Å². The van der Waals surface area contributed by atoms with Gasteiger partial charge in [0.05, 0.1) is 18.3 Å². The van der Waals surface area contributed by atoms with Gasteiger partial charge >= 0.3 is 0 Å². The average Bonchev–Trinajstić information content (AvgIpc) is 3.23. The molecule has 1 N–H and O–H groups in total. The highest BCUT2D eigenvalue weighted by molar-refractivity contribution is 7.07. The third kappa shape index (κ3) is 3.95. The molecule has 2 heterocycles. The Morgan fingerprint density at radius 2 is 2.30 bits per heavy atom. The van der Waals surface area contributed by atoms with Crippen LogP contribution in [0.2, 0.25) is 0 Å². The summed E-state index contributed by atoms with van der Waals surface area (Å²) in [6, 6.07) is 7.79. The number of rotatable bonds is 6. The zero-order valence-corrected chi connectivity index (χ0v) is 13.4. The molecular weight excluding hydrogens is 312 g/mol. The summed E-state index contributed by atoms with van der Waals surface area (Å²) in [6.07, 6.45) is 3.76. The van der Waals surface area contributed by atoms with Crippen molar-refractivity contribution in [3.63, 3.8) is 0 Å². The van der Waals surface area contributed by atoms with Crippen molar-refractivity contribution in [2.75, 3.05) is 13.2 Å². The van der Waals surface area contributed by atoms with E-state index in [4.69, 9.17) is 4.74 Å². The molecule has 3 aromatic rings. The van der Waals surface area contributed by atoms with Crippen LogP contribution in [0.4, 0.5) is 0 Å². The van der Waals surface area contributed by atoms with Crippen LogP contribution in [0.5, 0.6) is 5.75 Å². The lowest BCUT2D eigenvalue weighted by Gasteiger charge is -2.08. The standard InChI is InChI=1S/C16H16N4O2S/c1-20-9-13(8-19-20)12-3-2-4-14(7-12)22-6-5-17-16(21)15-10-23-11-18-15/h2-4,7-11H,5-6H2,1H3,(H,17,21). The number of nitrogens with zero attached hydrogens (tertiary/aromatic N) is 3. The van der Waals surface area contributed by atoms with Gasteiger partial charge in [-0.1, -0.05) is 12.1 Å². The van der Waals surface area contributed by atoms with Crippen molar-refractivity contribution in [1.29, 1.82) is 0 Å². The van der Waals surface area contributed by atoms with Gasteiger partial charge in [-0.05, 0) is 17.7 Å². The highest BCUT2D eigenvalue weighted by atomic mass is 32.1. The minimum atomic E-state index is -0.182. The molecule has 0 atom stereocenters. The van der Waals surface area contributed by atoms with E-state index in [0.717, 1.165) is 16.9 Å². The van der Waals surface area contributed by atoms with E-state index in [9.17, 15) is 4.79 Å². The van der Waals surface area contributed by atoms with E-state index < -0.39 is 0 Å². The number of aryl methyl sites for hydroxylation is 1. The molecule has 0 saturated carbocycles. The van der Waals surface area contributed by atoms with Crippen molar-refractivity contribution in [3.8, 4) is 16.9 Å². The highest BCUT2D eigenvalue weighted by Gasteiger charge is 2.06. The molecule has 0 saturated heterocycles. The monoisotopic (exact) mass is 328 g/mol. The molecule has 23 heavy (non-hydrogen) atoms. The smallest absolute Gasteiger partial charge is 0.270 e. The van der Waals surface area contributed by atoms with Crippen LogP contribution in [0, 0.1) is 0 Å². The number of benzene rings is 1. The lowest BCUT2D eigenvalue weighted by Crippen LogP contribution is -2.28. The van der Waals surface area contributed by atoms with E-state index in [2.05, 4.69) is 15.4 Å². The van der Waals surface area contributed by atoms with Crippen LogP contribution in [-0.2, 0) is 7.05 Å². The molecule has 0 unspecified atom stereocenters. The molecule has 0 bridgehead atoms. The molecule has 0 aliphatic carbocycles. The Kier molecular flexibility index (Phi) is 4.68. The van der Waals surface area contributed by atoms with Crippen LogP contribution in [0.1, 0.15) is 10.5 Å². The van der Waals surface area contributed by atoms with Gasteiger partial charge in [-0.25, -0.2) is 4.98 Å². The first-order valence-electron chi connectivity index (χ1n) is 7.10. The summed E-state index contributed by atoms with van der Waals surface area (Å²) in [6.45, 7) is 0.819. The maximum Gasteiger partial charge on any atom is 0.270 e. The molecule has 2 aromatic heterocycles. The van der Waals surface area contributed by atoms with Gasteiger partial charge in [-0.3, -0.25) is 9.48 Å². The van der Waals surface area contributed by atoms with Crippen LogP contribution < -0.4 is 10.1 Å². The van der Waals surface area contributed by atoms with E-state index in [1.165, 1.54) is 11.3 Å². The number of aromatic nitrogens is 3. The number of carbonyl (C=O) groups excluding carboxylic acids is 1. The molecule has 3 rings (SSSR count). The summed E-state index contributed by atoms with van der Waals surface area (Å²) in [5.41, 5.74) is 4.15. The maximum absolute atomic E-state index is 11.7. The lowest BCUT2D eigenvalue weighted by atomic mass is 10.1. The number of carbonyl (C=O) groups is 1. The fourth-order valence-electron chi connectivity index (χ4n) is 2.08. The Morgan fingerprint density at radius 1 is 1.39 bits per heavy atom. The average molecular weight is 328 g/mol. The van der Waals surface area contributed by atoms with Gasteiger partial charge in [0.15, 0.2) is 0 Å². The fourth-order valence-corrected chi connectivity index (χ4v) is 2.62. The van der Waals surface area contributed by atoms with Crippen molar-refractivity contribution in [3.05, 3.63) is 53.2 Å². The summed E-state index contributed by atoms with van der Waals surface area (Å²) in [5.74, 6) is 0.577. The molecule has 0 aliphatic heterocycles. The minimum Gasteiger partial charge on any atom is -0.492 e. The number of hydrogen-bond donors (Lipinski definition) is 1. The molecule has 0 radical (unpaired) electrons. The third-order valence-corrected chi connectivity index (χ3v) is 3.78. The highest BCUT2D eigenvalue weighted by Crippen LogP contribution is 2.23. The van der Waals surface area contributed by atoms with E-state index in [0.29, 0.717) is 18.8 Å². The van der Waals surface area contributed by atoms with Gasteiger partial charge in [0.25, 0.3) is 5.91 Å². The first kappa shape index (κ1) is 15.2. The Balaban J connectivity index is 1.52. The van der Waals surface area contributed by atoms with Crippen LogP contribution in [0.25, 0.3) is 11.1 Å². The summed E-state index contributed by atoms with van der Waals surface area (Å²) >= 11 is 1.40. The summed E-state index contributed by atoms with van der Waals surface area (Å²) < 4.78 is 7.44. The van der Waals surface area contributed by atoms with Crippen molar-refractivity contribution in [2.45, 2.75) is 0 Å². The molecule has 0 aliphatic rings. The van der Waals surface area contributed by atoms with E-state index >= 15 is 0 Å². The molecular formula is C16H16N4O2S. The number of ether oxygens (including phenoxy) is 1. The third-order valence-electron chi connectivity index (χ3n) is 3.19. The van der Waals surface area contributed by atoms with Gasteiger partial charge in [0.2, 0.25) is 0 Å². The lowest BCUT2D eigenvalue weighted by molar-refractivity contribution is 0.0942. The van der Waals surface area contributed by atoms with Crippen molar-refractivity contribution in [1.82, 2.24) is 20.1 Å². The molecule has 7 heteroatoms. The van der Waals surface area contributed by atoms with Crippen LogP contribution >= 0.6 is 11.3 Å². The summed E-state index contributed by atoms with van der Waals surface area (Å²) in [5, 5.41) is 8.65. The van der Waals surface area contributed by atoms with Gasteiger partial charge in [0.1, 0.15) is 18.1 Å². The molecule has 1 aromatic carbocycles. The number of thiazole rings is 1. The second kappa shape index (κ2) is 7.06.